The molecule has 77 valence electrons. The second-order valence-corrected chi connectivity index (χ2v) is 4.34. The van der Waals surface area contributed by atoms with E-state index in [4.69, 9.17) is 0 Å². The van der Waals surface area contributed by atoms with E-state index in [1.165, 1.54) is 31.2 Å². The first kappa shape index (κ1) is 11.3. The monoisotopic (exact) mass is 189 g/mol. The number of hydrogen-bond acceptors (Lipinski definition) is 0. The summed E-state index contributed by atoms with van der Waals surface area (Å²) in [4.78, 5) is 0. The second-order valence-electron chi connectivity index (χ2n) is 4.34. The van der Waals surface area contributed by atoms with Gasteiger partial charge in [-0.2, -0.15) is 0 Å². The van der Waals surface area contributed by atoms with Crippen molar-refractivity contribution < 1.29 is 0 Å². The Morgan fingerprint density at radius 1 is 1.14 bits per heavy atom. The highest BCUT2D eigenvalue weighted by atomic mass is 14.3. The zero-order valence-corrected chi connectivity index (χ0v) is 9.64. The fourth-order valence-corrected chi connectivity index (χ4v) is 2.27. The van der Waals surface area contributed by atoms with Gasteiger partial charge in [0.15, 0.2) is 0 Å². The van der Waals surface area contributed by atoms with Gasteiger partial charge in [-0.15, -0.1) is 0 Å². The third-order valence-corrected chi connectivity index (χ3v) is 2.96. The van der Waals surface area contributed by atoms with Gasteiger partial charge in [0, 0.05) is 0 Å². The molecule has 0 aromatic heterocycles. The lowest BCUT2D eigenvalue weighted by atomic mass is 9.75. The summed E-state index contributed by atoms with van der Waals surface area (Å²) >= 11 is 0. The van der Waals surface area contributed by atoms with E-state index in [0.29, 0.717) is 5.41 Å². The predicted octanol–water partition coefficient (Wildman–Crippen LogP) is 4.34. The van der Waals surface area contributed by atoms with E-state index < -0.39 is 0 Å². The molecule has 0 N–H and O–H groups in total. The van der Waals surface area contributed by atoms with Crippen molar-refractivity contribution in [3.8, 4) is 0 Å². The molecule has 0 aliphatic heterocycles. The zero-order chi connectivity index (χ0) is 10.4. The molecular formula is C14H21. The standard InChI is InChI=1S/C14H21/c1-4-11-14(3,12-5-2)13-9-7-6-8-10-13/h6-9H,4-5,11-12H2,1-3H3. The minimum absolute atomic E-state index is 0.338. The Hall–Kier alpha value is -0.780. The van der Waals surface area contributed by atoms with Crippen LogP contribution in [0.3, 0.4) is 0 Å². The summed E-state index contributed by atoms with van der Waals surface area (Å²) in [6, 6.07) is 11.8. The van der Waals surface area contributed by atoms with Crippen LogP contribution >= 0.6 is 0 Å². The number of hydrogen-bond donors (Lipinski definition) is 0. The Bertz CT molecular complexity index is 242. The minimum Gasteiger partial charge on any atom is -0.0654 e. The molecule has 0 nitrogen and oxygen atoms in total. The molecular weight excluding hydrogens is 168 g/mol. The smallest absolute Gasteiger partial charge is 0.00693 e. The lowest BCUT2D eigenvalue weighted by molar-refractivity contribution is 0.391. The zero-order valence-electron chi connectivity index (χ0n) is 9.64. The largest absolute Gasteiger partial charge is 0.0654 e. The number of rotatable bonds is 5. The molecule has 1 aromatic carbocycles. The third kappa shape index (κ3) is 2.60. The lowest BCUT2D eigenvalue weighted by Crippen LogP contribution is -2.21. The first-order valence-electron chi connectivity index (χ1n) is 5.70. The predicted molar refractivity (Wildman–Crippen MR) is 62.4 cm³/mol. The van der Waals surface area contributed by atoms with Crippen molar-refractivity contribution in [3.05, 3.63) is 35.9 Å². The summed E-state index contributed by atoms with van der Waals surface area (Å²) in [7, 11) is 0. The van der Waals surface area contributed by atoms with Gasteiger partial charge in [0.1, 0.15) is 0 Å². The van der Waals surface area contributed by atoms with Gasteiger partial charge in [-0.3, -0.25) is 0 Å². The van der Waals surface area contributed by atoms with E-state index in [1.807, 2.05) is 12.1 Å². The van der Waals surface area contributed by atoms with Crippen LogP contribution in [-0.4, -0.2) is 0 Å². The maximum absolute atomic E-state index is 3.38. The van der Waals surface area contributed by atoms with Crippen LogP contribution in [0.5, 0.6) is 0 Å². The van der Waals surface area contributed by atoms with Gasteiger partial charge in [0.2, 0.25) is 0 Å². The molecule has 0 heterocycles. The quantitative estimate of drug-likeness (QED) is 0.646. The van der Waals surface area contributed by atoms with Crippen LogP contribution < -0.4 is 0 Å². The van der Waals surface area contributed by atoms with E-state index >= 15 is 0 Å². The molecule has 1 radical (unpaired) electrons. The molecule has 0 aliphatic carbocycles. The first-order valence-corrected chi connectivity index (χ1v) is 5.70. The summed E-state index contributed by atoms with van der Waals surface area (Å²) in [5.41, 5.74) is 1.72. The molecule has 1 aromatic rings. The van der Waals surface area contributed by atoms with Crippen molar-refractivity contribution in [1.82, 2.24) is 0 Å². The molecule has 0 unspecified atom stereocenters. The van der Waals surface area contributed by atoms with Crippen molar-refractivity contribution in [3.63, 3.8) is 0 Å². The Kier molecular flexibility index (Phi) is 4.19. The van der Waals surface area contributed by atoms with Gasteiger partial charge in [-0.05, 0) is 29.9 Å². The van der Waals surface area contributed by atoms with Crippen molar-refractivity contribution in [2.75, 3.05) is 0 Å². The average molecular weight is 189 g/mol. The lowest BCUT2D eigenvalue weighted by Gasteiger charge is -2.29. The van der Waals surface area contributed by atoms with Crippen LogP contribution in [0, 0.1) is 6.07 Å². The van der Waals surface area contributed by atoms with Crippen LogP contribution in [0.15, 0.2) is 24.3 Å². The summed E-state index contributed by atoms with van der Waals surface area (Å²) < 4.78 is 0. The molecule has 0 spiro atoms. The van der Waals surface area contributed by atoms with Crippen molar-refractivity contribution in [2.24, 2.45) is 0 Å². The van der Waals surface area contributed by atoms with Gasteiger partial charge in [-0.1, -0.05) is 57.9 Å². The highest BCUT2D eigenvalue weighted by molar-refractivity contribution is 5.22. The topological polar surface area (TPSA) is 0 Å². The highest BCUT2D eigenvalue weighted by Gasteiger charge is 2.24. The fraction of sp³-hybridized carbons (Fsp3) is 0.571. The Morgan fingerprint density at radius 2 is 1.79 bits per heavy atom. The summed E-state index contributed by atoms with van der Waals surface area (Å²) in [5, 5.41) is 0. The Balaban J connectivity index is 2.87. The molecule has 0 bridgehead atoms. The minimum atomic E-state index is 0.338. The molecule has 0 amide bonds. The van der Waals surface area contributed by atoms with Crippen LogP contribution in [0.25, 0.3) is 0 Å². The molecule has 0 saturated carbocycles. The van der Waals surface area contributed by atoms with E-state index in [0.717, 1.165) is 0 Å². The first-order chi connectivity index (χ1) is 6.73. The molecule has 1 rings (SSSR count). The fourth-order valence-electron chi connectivity index (χ4n) is 2.27. The third-order valence-electron chi connectivity index (χ3n) is 2.96. The molecule has 0 fully saturated rings. The van der Waals surface area contributed by atoms with Crippen molar-refractivity contribution in [1.29, 1.82) is 0 Å². The highest BCUT2D eigenvalue weighted by Crippen LogP contribution is 2.33. The SMILES string of the molecule is CCCC(C)(CCC)c1[c]cccc1. The van der Waals surface area contributed by atoms with E-state index in [1.54, 1.807) is 0 Å². The van der Waals surface area contributed by atoms with E-state index in [2.05, 4.69) is 39.0 Å². The van der Waals surface area contributed by atoms with Crippen molar-refractivity contribution >= 4 is 0 Å². The summed E-state index contributed by atoms with van der Waals surface area (Å²) in [6.07, 6.45) is 5.03. The van der Waals surface area contributed by atoms with E-state index in [-0.39, 0.29) is 0 Å². The van der Waals surface area contributed by atoms with Gasteiger partial charge < -0.3 is 0 Å². The Morgan fingerprint density at radius 3 is 2.21 bits per heavy atom. The van der Waals surface area contributed by atoms with Crippen LogP contribution in [0.4, 0.5) is 0 Å². The summed E-state index contributed by atoms with van der Waals surface area (Å²) in [6.45, 7) is 6.89. The summed E-state index contributed by atoms with van der Waals surface area (Å²) in [5.74, 6) is 0. The molecule has 0 heteroatoms. The van der Waals surface area contributed by atoms with Gasteiger partial charge >= 0.3 is 0 Å². The van der Waals surface area contributed by atoms with Crippen LogP contribution in [0.1, 0.15) is 52.0 Å². The van der Waals surface area contributed by atoms with Crippen molar-refractivity contribution in [2.45, 2.75) is 51.9 Å². The average Bonchev–Trinajstić information content (AvgIpc) is 2.20. The molecule has 0 aliphatic rings. The molecule has 0 saturated heterocycles. The van der Waals surface area contributed by atoms with Crippen LogP contribution in [-0.2, 0) is 5.41 Å². The molecule has 0 atom stereocenters. The van der Waals surface area contributed by atoms with Gasteiger partial charge in [0.05, 0.1) is 0 Å². The molecule has 14 heavy (non-hydrogen) atoms. The second kappa shape index (κ2) is 5.19. The van der Waals surface area contributed by atoms with Gasteiger partial charge in [-0.25, -0.2) is 0 Å². The van der Waals surface area contributed by atoms with E-state index in [9.17, 15) is 0 Å². The number of benzene rings is 1. The maximum atomic E-state index is 3.38. The normalized spacial score (nSPS) is 11.6. The van der Waals surface area contributed by atoms with Gasteiger partial charge in [0.25, 0.3) is 0 Å². The maximum Gasteiger partial charge on any atom is -0.00693 e. The van der Waals surface area contributed by atoms with Crippen LogP contribution in [0.2, 0.25) is 0 Å². The Labute approximate surface area is 88.4 Å².